The molecule has 1 aromatic rings. The highest BCUT2D eigenvalue weighted by atomic mass is 127. The Morgan fingerprint density at radius 2 is 1.76 bits per heavy atom. The average Bonchev–Trinajstić information content (AvgIpc) is 2.52. The lowest BCUT2D eigenvalue weighted by Crippen LogP contribution is -2.42. The van der Waals surface area contributed by atoms with E-state index >= 15 is 0 Å². The lowest BCUT2D eigenvalue weighted by molar-refractivity contribution is 0.558. The zero-order valence-corrected chi connectivity index (χ0v) is 19.2. The molecule has 25 heavy (non-hydrogen) atoms. The van der Waals surface area contributed by atoms with Crippen molar-refractivity contribution in [3.63, 3.8) is 0 Å². The topological polar surface area (TPSA) is 70.6 Å². The van der Waals surface area contributed by atoms with Crippen LogP contribution in [0.3, 0.4) is 0 Å². The molecule has 0 fully saturated rings. The van der Waals surface area contributed by atoms with Gasteiger partial charge < -0.3 is 10.6 Å². The standard InChI is InChI=1S/C18H31N3O2S.HI/c1-7-15-8-10-16(11-9-15)14(2)21-17(19-6)20-12-13-24(22,23)18(3,4)5;/h8-11,14H,7,12-13H2,1-6H3,(H2,19,20,21);1H. The summed E-state index contributed by atoms with van der Waals surface area (Å²) in [6.45, 7) is 9.68. The Bertz CT molecular complexity index is 650. The van der Waals surface area contributed by atoms with Crippen LogP contribution in [-0.4, -0.2) is 38.5 Å². The van der Waals surface area contributed by atoms with Crippen LogP contribution in [0.4, 0.5) is 0 Å². The highest BCUT2D eigenvalue weighted by Gasteiger charge is 2.28. The number of aliphatic imine (C=N–C) groups is 1. The Morgan fingerprint density at radius 1 is 1.20 bits per heavy atom. The molecule has 0 aliphatic carbocycles. The molecule has 1 aromatic carbocycles. The van der Waals surface area contributed by atoms with Gasteiger partial charge >= 0.3 is 0 Å². The zero-order chi connectivity index (χ0) is 18.4. The number of rotatable bonds is 6. The van der Waals surface area contributed by atoms with E-state index in [9.17, 15) is 8.42 Å². The van der Waals surface area contributed by atoms with E-state index in [0.717, 1.165) is 12.0 Å². The normalized spacial score (nSPS) is 13.8. The molecule has 0 aliphatic heterocycles. The number of hydrogen-bond donors (Lipinski definition) is 2. The molecule has 2 N–H and O–H groups in total. The lowest BCUT2D eigenvalue weighted by Gasteiger charge is -2.21. The quantitative estimate of drug-likeness (QED) is 0.372. The molecule has 0 aliphatic rings. The molecule has 0 spiro atoms. The van der Waals surface area contributed by atoms with Crippen LogP contribution in [0, 0.1) is 0 Å². The van der Waals surface area contributed by atoms with Crippen LogP contribution in [0.2, 0.25) is 0 Å². The molecule has 1 unspecified atom stereocenters. The van der Waals surface area contributed by atoms with Crippen LogP contribution in [0.25, 0.3) is 0 Å². The summed E-state index contributed by atoms with van der Waals surface area (Å²) in [4.78, 5) is 4.17. The summed E-state index contributed by atoms with van der Waals surface area (Å²) in [5.74, 6) is 0.683. The molecule has 0 saturated carbocycles. The average molecular weight is 481 g/mol. The van der Waals surface area contributed by atoms with Gasteiger partial charge in [0.1, 0.15) is 0 Å². The maximum absolute atomic E-state index is 12.1. The number of guanidine groups is 1. The summed E-state index contributed by atoms with van der Waals surface area (Å²) in [6.07, 6.45) is 1.02. The molecule has 0 radical (unpaired) electrons. The second-order valence-corrected chi connectivity index (χ2v) is 9.75. The molecule has 0 bridgehead atoms. The van der Waals surface area contributed by atoms with E-state index in [2.05, 4.69) is 53.7 Å². The molecule has 0 amide bonds. The predicted molar refractivity (Wildman–Crippen MR) is 118 cm³/mol. The molecule has 144 valence electrons. The third-order valence-corrected chi connectivity index (χ3v) is 6.67. The summed E-state index contributed by atoms with van der Waals surface area (Å²) in [6, 6.07) is 8.54. The van der Waals surface area contributed by atoms with E-state index in [0.29, 0.717) is 12.5 Å². The fraction of sp³-hybridized carbons (Fsp3) is 0.611. The van der Waals surface area contributed by atoms with Gasteiger partial charge in [0.2, 0.25) is 0 Å². The van der Waals surface area contributed by atoms with E-state index in [4.69, 9.17) is 0 Å². The number of nitrogens with one attached hydrogen (secondary N) is 2. The van der Waals surface area contributed by atoms with Gasteiger partial charge in [-0.3, -0.25) is 4.99 Å². The first-order chi connectivity index (χ1) is 11.1. The van der Waals surface area contributed by atoms with Crippen LogP contribution in [0.15, 0.2) is 29.3 Å². The first-order valence-corrected chi connectivity index (χ1v) is 10.0. The van der Waals surface area contributed by atoms with Crippen molar-refractivity contribution in [3.8, 4) is 0 Å². The van der Waals surface area contributed by atoms with Crippen LogP contribution >= 0.6 is 24.0 Å². The number of benzene rings is 1. The summed E-state index contributed by atoms with van der Waals surface area (Å²) in [5, 5.41) is 6.37. The maximum Gasteiger partial charge on any atom is 0.191 e. The minimum Gasteiger partial charge on any atom is -0.355 e. The van der Waals surface area contributed by atoms with Gasteiger partial charge in [0.25, 0.3) is 0 Å². The Balaban J connectivity index is 0.00000576. The summed E-state index contributed by atoms with van der Waals surface area (Å²) >= 11 is 0. The molecule has 0 heterocycles. The second-order valence-electron chi connectivity index (χ2n) is 6.89. The smallest absolute Gasteiger partial charge is 0.191 e. The van der Waals surface area contributed by atoms with Crippen LogP contribution in [0.5, 0.6) is 0 Å². The number of nitrogens with zero attached hydrogens (tertiary/aromatic N) is 1. The molecule has 1 atom stereocenters. The third-order valence-electron chi connectivity index (χ3n) is 4.06. The van der Waals surface area contributed by atoms with E-state index in [-0.39, 0.29) is 35.8 Å². The Hall–Kier alpha value is -0.830. The Labute approximate surface area is 170 Å². The zero-order valence-electron chi connectivity index (χ0n) is 16.1. The first-order valence-electron chi connectivity index (χ1n) is 8.39. The number of halogens is 1. The molecule has 5 nitrogen and oxygen atoms in total. The van der Waals surface area contributed by atoms with Crippen molar-refractivity contribution >= 4 is 39.8 Å². The van der Waals surface area contributed by atoms with E-state index in [1.807, 2.05) is 0 Å². The lowest BCUT2D eigenvalue weighted by atomic mass is 10.1. The molecule has 0 aromatic heterocycles. The monoisotopic (exact) mass is 481 g/mol. The SMILES string of the molecule is CCc1ccc(C(C)NC(=NC)NCCS(=O)(=O)C(C)(C)C)cc1.I. The van der Waals surface area contributed by atoms with Gasteiger partial charge in [-0.15, -0.1) is 24.0 Å². The van der Waals surface area contributed by atoms with Gasteiger partial charge in [0, 0.05) is 13.6 Å². The number of aryl methyl sites for hydroxylation is 1. The fourth-order valence-corrected chi connectivity index (χ4v) is 3.12. The molecular weight excluding hydrogens is 449 g/mol. The van der Waals surface area contributed by atoms with Gasteiger partial charge in [-0.05, 0) is 45.2 Å². The highest BCUT2D eigenvalue weighted by molar-refractivity contribution is 14.0. The van der Waals surface area contributed by atoms with E-state index in [1.165, 1.54) is 5.56 Å². The summed E-state index contributed by atoms with van der Waals surface area (Å²) in [7, 11) is -1.45. The molecule has 0 saturated heterocycles. The van der Waals surface area contributed by atoms with Crippen LogP contribution in [-0.2, 0) is 16.3 Å². The van der Waals surface area contributed by atoms with Gasteiger partial charge in [-0.25, -0.2) is 8.42 Å². The largest absolute Gasteiger partial charge is 0.355 e. The Morgan fingerprint density at radius 3 is 2.20 bits per heavy atom. The third kappa shape index (κ3) is 7.52. The van der Waals surface area contributed by atoms with Crippen LogP contribution < -0.4 is 10.6 Å². The molecule has 7 heteroatoms. The number of sulfone groups is 1. The van der Waals surface area contributed by atoms with Crippen molar-refractivity contribution in [2.75, 3.05) is 19.3 Å². The Kier molecular flexibility index (Phi) is 10.0. The van der Waals surface area contributed by atoms with Crippen molar-refractivity contribution in [2.24, 2.45) is 4.99 Å². The van der Waals surface area contributed by atoms with E-state index < -0.39 is 14.6 Å². The van der Waals surface area contributed by atoms with Crippen LogP contribution in [0.1, 0.15) is 51.8 Å². The van der Waals surface area contributed by atoms with Crippen molar-refractivity contribution < 1.29 is 8.42 Å². The van der Waals surface area contributed by atoms with E-state index in [1.54, 1.807) is 27.8 Å². The van der Waals surface area contributed by atoms with Crippen molar-refractivity contribution in [3.05, 3.63) is 35.4 Å². The van der Waals surface area contributed by atoms with Crippen molar-refractivity contribution in [1.82, 2.24) is 10.6 Å². The van der Waals surface area contributed by atoms with Gasteiger partial charge in [0.15, 0.2) is 15.8 Å². The second kappa shape index (κ2) is 10.4. The number of hydrogen-bond acceptors (Lipinski definition) is 3. The maximum atomic E-state index is 12.1. The fourth-order valence-electron chi connectivity index (χ4n) is 2.14. The molecular formula is C18H32IN3O2S. The van der Waals surface area contributed by atoms with Gasteiger partial charge in [-0.1, -0.05) is 31.2 Å². The highest BCUT2D eigenvalue weighted by Crippen LogP contribution is 2.15. The van der Waals surface area contributed by atoms with Gasteiger partial charge in [-0.2, -0.15) is 0 Å². The summed E-state index contributed by atoms with van der Waals surface area (Å²) in [5.41, 5.74) is 2.47. The summed E-state index contributed by atoms with van der Waals surface area (Å²) < 4.78 is 23.5. The minimum atomic E-state index is -3.14. The van der Waals surface area contributed by atoms with Crippen molar-refractivity contribution in [2.45, 2.75) is 51.8 Å². The van der Waals surface area contributed by atoms with Gasteiger partial charge in [0.05, 0.1) is 16.5 Å². The predicted octanol–water partition coefficient (Wildman–Crippen LogP) is 3.31. The minimum absolute atomic E-state index is 0. The first kappa shape index (κ1) is 24.2. The van der Waals surface area contributed by atoms with Crippen molar-refractivity contribution in [1.29, 1.82) is 0 Å². The molecule has 1 rings (SSSR count).